The van der Waals surface area contributed by atoms with E-state index >= 15 is 0 Å². The number of halogens is 1. The van der Waals surface area contributed by atoms with Crippen molar-refractivity contribution in [2.24, 2.45) is 7.05 Å². The molecule has 0 saturated heterocycles. The van der Waals surface area contributed by atoms with Crippen LogP contribution in [0.15, 0.2) is 21.2 Å². The van der Waals surface area contributed by atoms with E-state index in [9.17, 15) is 14.4 Å². The minimum absolute atomic E-state index is 0.0555. The molecule has 0 aliphatic carbocycles. The molecule has 0 bridgehead atoms. The van der Waals surface area contributed by atoms with Gasteiger partial charge in [0.15, 0.2) is 17.0 Å². The summed E-state index contributed by atoms with van der Waals surface area (Å²) in [5.74, 6) is -1.74. The van der Waals surface area contributed by atoms with E-state index in [0.717, 1.165) is 5.69 Å². The lowest BCUT2D eigenvalue weighted by molar-refractivity contribution is -0.146. The smallest absolute Gasteiger partial charge is 0.325 e. The van der Waals surface area contributed by atoms with Gasteiger partial charge in [-0.05, 0) is 41.9 Å². The van der Waals surface area contributed by atoms with E-state index in [1.807, 2.05) is 6.92 Å². The molecule has 10 heteroatoms. The van der Waals surface area contributed by atoms with E-state index in [1.54, 1.807) is 24.7 Å². The third kappa shape index (κ3) is 4.92. The van der Waals surface area contributed by atoms with Crippen LogP contribution in [0.25, 0.3) is 0 Å². The normalized spacial score (nSPS) is 10.4. The largest absolute Gasteiger partial charge is 0.454 e. The topological polar surface area (TPSA) is 115 Å². The van der Waals surface area contributed by atoms with Crippen LogP contribution in [0.5, 0.6) is 0 Å². The lowest BCUT2D eigenvalue weighted by atomic mass is 10.3. The van der Waals surface area contributed by atoms with Crippen LogP contribution >= 0.6 is 15.9 Å². The molecule has 0 spiro atoms. The zero-order valence-electron chi connectivity index (χ0n) is 13.9. The van der Waals surface area contributed by atoms with Crippen LogP contribution in [-0.2, 0) is 21.4 Å². The van der Waals surface area contributed by atoms with Gasteiger partial charge in [-0.25, -0.2) is 0 Å². The van der Waals surface area contributed by atoms with Gasteiger partial charge in [0, 0.05) is 7.05 Å². The van der Waals surface area contributed by atoms with Gasteiger partial charge < -0.3 is 19.8 Å². The Morgan fingerprint density at radius 1 is 1.32 bits per heavy atom. The number of rotatable bonds is 6. The van der Waals surface area contributed by atoms with Crippen LogP contribution in [-0.4, -0.2) is 40.7 Å². The number of ether oxygens (including phenoxy) is 1. The molecule has 0 saturated carbocycles. The molecule has 2 rings (SSSR count). The molecule has 0 fully saturated rings. The summed E-state index contributed by atoms with van der Waals surface area (Å²) in [6.45, 7) is 2.73. The third-order valence-electron chi connectivity index (χ3n) is 3.33. The number of anilines is 1. The minimum Gasteiger partial charge on any atom is -0.454 e. The van der Waals surface area contributed by atoms with Gasteiger partial charge in [0.25, 0.3) is 11.8 Å². The Morgan fingerprint density at radius 2 is 2.04 bits per heavy atom. The van der Waals surface area contributed by atoms with E-state index in [-0.39, 0.29) is 12.3 Å². The van der Waals surface area contributed by atoms with Gasteiger partial charge in [-0.3, -0.25) is 19.1 Å². The van der Waals surface area contributed by atoms with Gasteiger partial charge in [-0.15, -0.1) is 0 Å². The van der Waals surface area contributed by atoms with E-state index in [2.05, 4.69) is 31.7 Å². The second kappa shape index (κ2) is 7.97. The number of aromatic nitrogens is 2. The molecule has 2 N–H and O–H groups in total. The average Bonchev–Trinajstić information content (AvgIpc) is 3.09. The highest BCUT2D eigenvalue weighted by Gasteiger charge is 2.15. The van der Waals surface area contributed by atoms with E-state index < -0.39 is 24.4 Å². The molecule has 2 aromatic rings. The summed E-state index contributed by atoms with van der Waals surface area (Å²) < 4.78 is 11.9. The lowest BCUT2D eigenvalue weighted by Crippen LogP contribution is -2.32. The Morgan fingerprint density at radius 3 is 2.60 bits per heavy atom. The van der Waals surface area contributed by atoms with Crippen molar-refractivity contribution < 1.29 is 23.5 Å². The molecular weight excluding hydrogens is 396 g/mol. The predicted molar refractivity (Wildman–Crippen MR) is 91.0 cm³/mol. The van der Waals surface area contributed by atoms with Crippen LogP contribution < -0.4 is 10.6 Å². The first-order valence-corrected chi connectivity index (χ1v) is 8.06. The Hall–Kier alpha value is -2.62. The number of hydrogen-bond donors (Lipinski definition) is 2. The molecular formula is C15H17BrN4O5. The fraction of sp³-hybridized carbons (Fsp3) is 0.333. The number of esters is 1. The van der Waals surface area contributed by atoms with Crippen molar-refractivity contribution in [2.45, 2.75) is 13.8 Å². The monoisotopic (exact) mass is 412 g/mol. The predicted octanol–water partition coefficient (Wildman–Crippen LogP) is 1.30. The zero-order chi connectivity index (χ0) is 18.6. The summed E-state index contributed by atoms with van der Waals surface area (Å²) in [5.41, 5.74) is 2.03. The maximum absolute atomic E-state index is 11.9. The van der Waals surface area contributed by atoms with Gasteiger partial charge in [-0.1, -0.05) is 0 Å². The Labute approximate surface area is 151 Å². The maximum atomic E-state index is 11.9. The maximum Gasteiger partial charge on any atom is 0.325 e. The second-order valence-electron chi connectivity index (χ2n) is 5.16. The number of amides is 2. The molecule has 2 heterocycles. The Kier molecular flexibility index (Phi) is 5.97. The van der Waals surface area contributed by atoms with Crippen LogP contribution in [0.3, 0.4) is 0 Å². The molecule has 25 heavy (non-hydrogen) atoms. The number of hydrogen-bond acceptors (Lipinski definition) is 6. The fourth-order valence-corrected chi connectivity index (χ4v) is 2.31. The van der Waals surface area contributed by atoms with Crippen LogP contribution in [0.4, 0.5) is 5.69 Å². The standard InChI is InChI=1S/C15H17BrN4O5/c1-8-14(9(2)20(3)19-8)18-12(21)7-24-13(22)6-17-15(23)10-4-5-11(16)25-10/h4-5H,6-7H2,1-3H3,(H,17,23)(H,18,21). The summed E-state index contributed by atoms with van der Waals surface area (Å²) in [7, 11) is 1.76. The highest BCUT2D eigenvalue weighted by molar-refractivity contribution is 9.10. The van der Waals surface area contributed by atoms with Crippen molar-refractivity contribution in [3.8, 4) is 0 Å². The van der Waals surface area contributed by atoms with Crippen molar-refractivity contribution >= 4 is 39.4 Å². The SMILES string of the molecule is Cc1nn(C)c(C)c1NC(=O)COC(=O)CNC(=O)c1ccc(Br)o1. The number of aryl methyl sites for hydroxylation is 2. The second-order valence-corrected chi connectivity index (χ2v) is 5.95. The quantitative estimate of drug-likeness (QED) is 0.690. The highest BCUT2D eigenvalue weighted by atomic mass is 79.9. The third-order valence-corrected chi connectivity index (χ3v) is 3.75. The van der Waals surface area contributed by atoms with Crippen molar-refractivity contribution in [3.05, 3.63) is 34.0 Å². The van der Waals surface area contributed by atoms with Gasteiger partial charge in [0.1, 0.15) is 6.54 Å². The summed E-state index contributed by atoms with van der Waals surface area (Å²) in [6.07, 6.45) is 0. The molecule has 0 atom stereocenters. The first-order chi connectivity index (χ1) is 11.8. The van der Waals surface area contributed by atoms with Crippen LogP contribution in [0.2, 0.25) is 0 Å². The summed E-state index contributed by atoms with van der Waals surface area (Å²) >= 11 is 3.07. The van der Waals surface area contributed by atoms with Crippen molar-refractivity contribution in [2.75, 3.05) is 18.5 Å². The van der Waals surface area contributed by atoms with Crippen molar-refractivity contribution in [1.29, 1.82) is 0 Å². The lowest BCUT2D eigenvalue weighted by Gasteiger charge is -2.07. The van der Waals surface area contributed by atoms with E-state index in [1.165, 1.54) is 6.07 Å². The number of furan rings is 1. The zero-order valence-corrected chi connectivity index (χ0v) is 15.5. The highest BCUT2D eigenvalue weighted by Crippen LogP contribution is 2.18. The number of carbonyl (C=O) groups excluding carboxylic acids is 3. The molecule has 134 valence electrons. The summed E-state index contributed by atoms with van der Waals surface area (Å²) in [6, 6.07) is 3.01. The molecule has 0 aliphatic heterocycles. The van der Waals surface area contributed by atoms with Crippen LogP contribution in [0, 0.1) is 13.8 Å². The summed E-state index contributed by atoms with van der Waals surface area (Å²) in [5, 5.41) is 9.15. The average molecular weight is 413 g/mol. The van der Waals surface area contributed by atoms with Gasteiger partial charge in [0.05, 0.1) is 17.1 Å². The van der Waals surface area contributed by atoms with Gasteiger partial charge in [-0.2, -0.15) is 5.10 Å². The van der Waals surface area contributed by atoms with Crippen molar-refractivity contribution in [3.63, 3.8) is 0 Å². The molecule has 2 aromatic heterocycles. The number of carbonyl (C=O) groups is 3. The van der Waals surface area contributed by atoms with E-state index in [0.29, 0.717) is 16.1 Å². The summed E-state index contributed by atoms with van der Waals surface area (Å²) in [4.78, 5) is 35.2. The molecule has 9 nitrogen and oxygen atoms in total. The van der Waals surface area contributed by atoms with Gasteiger partial charge >= 0.3 is 5.97 Å². The van der Waals surface area contributed by atoms with Crippen molar-refractivity contribution in [1.82, 2.24) is 15.1 Å². The molecule has 0 aliphatic rings. The van der Waals surface area contributed by atoms with E-state index in [4.69, 9.17) is 9.15 Å². The van der Waals surface area contributed by atoms with Crippen LogP contribution in [0.1, 0.15) is 21.9 Å². The Balaban J connectivity index is 1.76. The molecule has 0 radical (unpaired) electrons. The number of nitrogens with one attached hydrogen (secondary N) is 2. The minimum atomic E-state index is -0.742. The first-order valence-electron chi connectivity index (χ1n) is 7.27. The van der Waals surface area contributed by atoms with Gasteiger partial charge in [0.2, 0.25) is 0 Å². The molecule has 0 aromatic carbocycles. The molecule has 2 amide bonds. The first kappa shape index (κ1) is 18.7. The number of nitrogens with zero attached hydrogens (tertiary/aromatic N) is 2. The fourth-order valence-electron chi connectivity index (χ4n) is 2.00. The molecule has 0 unspecified atom stereocenters. The Bertz CT molecular complexity index is 811.